The Balaban J connectivity index is 1.36. The third-order valence-corrected chi connectivity index (χ3v) is 10.6. The van der Waals surface area contributed by atoms with Gasteiger partial charge in [0, 0.05) is 26.8 Å². The number of amides is 1. The van der Waals surface area contributed by atoms with Gasteiger partial charge in [-0.1, -0.05) is 52.8 Å². The minimum Gasteiger partial charge on any atom is -0.325 e. The van der Waals surface area contributed by atoms with Crippen LogP contribution in [-0.4, -0.2) is 15.7 Å². The van der Waals surface area contributed by atoms with Crippen LogP contribution in [0, 0.1) is 24.7 Å². The van der Waals surface area contributed by atoms with Crippen molar-refractivity contribution in [3.8, 4) is 0 Å². The lowest BCUT2D eigenvalue weighted by molar-refractivity contribution is -0.116. The van der Waals surface area contributed by atoms with Gasteiger partial charge in [0.1, 0.15) is 6.54 Å². The van der Waals surface area contributed by atoms with E-state index in [0.717, 1.165) is 32.1 Å². The zero-order valence-corrected chi connectivity index (χ0v) is 20.7. The van der Waals surface area contributed by atoms with E-state index in [2.05, 4.69) is 17.4 Å². The van der Waals surface area contributed by atoms with Gasteiger partial charge in [0.05, 0.1) is 5.03 Å². The van der Waals surface area contributed by atoms with Crippen LogP contribution in [0.1, 0.15) is 41.2 Å². The van der Waals surface area contributed by atoms with Crippen molar-refractivity contribution in [1.82, 2.24) is 4.57 Å². The molecular formula is C26H25ClN2O2S2. The second-order valence-electron chi connectivity index (χ2n) is 9.56. The normalized spacial score (nSPS) is 27.3. The molecule has 170 valence electrons. The van der Waals surface area contributed by atoms with Gasteiger partial charge in [-0.05, 0) is 73.8 Å². The van der Waals surface area contributed by atoms with E-state index < -0.39 is 0 Å². The van der Waals surface area contributed by atoms with Crippen LogP contribution in [0.15, 0.2) is 58.4 Å². The van der Waals surface area contributed by atoms with E-state index in [4.69, 9.17) is 11.6 Å². The number of nitrogens with one attached hydrogen (secondary N) is 1. The van der Waals surface area contributed by atoms with Crippen LogP contribution >= 0.6 is 34.7 Å². The quantitative estimate of drug-likeness (QED) is 0.470. The number of aryl methyl sites for hydroxylation is 1. The summed E-state index contributed by atoms with van der Waals surface area (Å²) < 4.78 is 1.71. The van der Waals surface area contributed by atoms with E-state index in [1.807, 2.05) is 55.1 Å². The minimum atomic E-state index is -0.166. The van der Waals surface area contributed by atoms with Gasteiger partial charge < -0.3 is 5.32 Å². The van der Waals surface area contributed by atoms with Gasteiger partial charge in [-0.2, -0.15) is 0 Å². The van der Waals surface area contributed by atoms with Crippen molar-refractivity contribution in [3.05, 3.63) is 79.2 Å². The van der Waals surface area contributed by atoms with Crippen molar-refractivity contribution in [2.75, 3.05) is 5.32 Å². The van der Waals surface area contributed by atoms with Gasteiger partial charge in [0.2, 0.25) is 5.91 Å². The molecule has 6 rings (SSSR count). The van der Waals surface area contributed by atoms with Crippen LogP contribution in [0.2, 0.25) is 5.02 Å². The highest BCUT2D eigenvalue weighted by Crippen LogP contribution is 2.64. The molecule has 0 spiro atoms. The molecule has 1 N–H and O–H groups in total. The van der Waals surface area contributed by atoms with Gasteiger partial charge in [0.15, 0.2) is 0 Å². The van der Waals surface area contributed by atoms with Gasteiger partial charge in [-0.3, -0.25) is 14.2 Å². The number of hydrogen-bond donors (Lipinski definition) is 1. The lowest BCUT2D eigenvalue weighted by Gasteiger charge is -2.40. The summed E-state index contributed by atoms with van der Waals surface area (Å²) >= 11 is 9.37. The highest BCUT2D eigenvalue weighted by atomic mass is 35.5. The molecule has 3 aliphatic rings. The first-order chi connectivity index (χ1) is 16.0. The minimum absolute atomic E-state index is 0.0437. The maximum absolute atomic E-state index is 13.1. The molecule has 1 aliphatic heterocycles. The number of carbonyl (C=O) groups is 1. The Kier molecular flexibility index (Phi) is 5.43. The van der Waals surface area contributed by atoms with E-state index in [9.17, 15) is 9.59 Å². The fraction of sp³-hybridized carbons (Fsp3) is 0.385. The number of rotatable bonds is 4. The van der Waals surface area contributed by atoms with Crippen LogP contribution in [0.5, 0.6) is 0 Å². The third kappa shape index (κ3) is 3.76. The Hall–Kier alpha value is -2.02. The van der Waals surface area contributed by atoms with Crippen molar-refractivity contribution < 1.29 is 4.79 Å². The first-order valence-electron chi connectivity index (χ1n) is 11.5. The van der Waals surface area contributed by atoms with Crippen molar-refractivity contribution in [2.24, 2.45) is 17.8 Å². The van der Waals surface area contributed by atoms with Crippen LogP contribution in [-0.2, 0) is 11.3 Å². The monoisotopic (exact) mass is 496 g/mol. The van der Waals surface area contributed by atoms with E-state index in [0.29, 0.717) is 17.1 Å². The fourth-order valence-electron chi connectivity index (χ4n) is 6.11. The zero-order chi connectivity index (χ0) is 22.7. The second-order valence-corrected chi connectivity index (χ2v) is 12.2. The van der Waals surface area contributed by atoms with Gasteiger partial charge in [-0.25, -0.2) is 0 Å². The largest absolute Gasteiger partial charge is 0.325 e. The summed E-state index contributed by atoms with van der Waals surface area (Å²) in [7, 11) is 0. The number of anilines is 1. The number of benzene rings is 2. The van der Waals surface area contributed by atoms with E-state index in [1.165, 1.54) is 36.2 Å². The molecule has 2 aromatic carbocycles. The average molecular weight is 497 g/mol. The Bertz CT molecular complexity index is 1260. The molecule has 33 heavy (non-hydrogen) atoms. The molecule has 0 unspecified atom stereocenters. The molecule has 4 nitrogen and oxygen atoms in total. The predicted octanol–water partition coefficient (Wildman–Crippen LogP) is 6.16. The number of halogens is 1. The number of hydrogen-bond acceptors (Lipinski definition) is 4. The Morgan fingerprint density at radius 3 is 2.58 bits per heavy atom. The topological polar surface area (TPSA) is 51.1 Å². The van der Waals surface area contributed by atoms with Gasteiger partial charge in [-0.15, -0.1) is 11.8 Å². The average Bonchev–Trinajstić information content (AvgIpc) is 3.49. The lowest BCUT2D eigenvalue weighted by atomic mass is 9.75. The molecule has 5 atom stereocenters. The highest BCUT2D eigenvalue weighted by Gasteiger charge is 2.55. The number of aromatic nitrogens is 1. The molecule has 7 heteroatoms. The lowest BCUT2D eigenvalue weighted by Crippen LogP contribution is -2.34. The molecule has 3 aromatic rings. The molecule has 0 radical (unpaired) electrons. The standard InChI is InChI=1S/C26H25ClN2O2S2/c1-14-2-10-19(11-3-14)28-20(30)13-29-25-24(33-26(29)31)21(15-6-8-18(27)9-7-15)22-16-4-5-17(12-16)23(22)32-25/h2-3,6-11,16-17,21-23H,4-5,12-13H2,1H3,(H,28,30)/t16-,17+,21-,22+,23+/m0/s1. The summed E-state index contributed by atoms with van der Waals surface area (Å²) in [5, 5.41) is 5.18. The summed E-state index contributed by atoms with van der Waals surface area (Å²) in [6, 6.07) is 15.9. The van der Waals surface area contributed by atoms with Gasteiger partial charge >= 0.3 is 4.87 Å². The van der Waals surface area contributed by atoms with Crippen molar-refractivity contribution >= 4 is 46.3 Å². The highest BCUT2D eigenvalue weighted by molar-refractivity contribution is 8.00. The molecule has 1 amide bonds. The maximum atomic E-state index is 13.1. The van der Waals surface area contributed by atoms with Crippen LogP contribution in [0.4, 0.5) is 5.69 Å². The summed E-state index contributed by atoms with van der Waals surface area (Å²) in [5.74, 6) is 2.02. The molecule has 2 fully saturated rings. The molecule has 2 bridgehead atoms. The number of fused-ring (bicyclic) bond motifs is 6. The summed E-state index contributed by atoms with van der Waals surface area (Å²) in [5.41, 5.74) is 3.13. The first kappa shape index (κ1) is 21.5. The summed E-state index contributed by atoms with van der Waals surface area (Å²) in [6.07, 6.45) is 3.86. The molecule has 2 aliphatic carbocycles. The van der Waals surface area contributed by atoms with Crippen LogP contribution in [0.3, 0.4) is 0 Å². The van der Waals surface area contributed by atoms with E-state index in [1.54, 1.807) is 4.57 Å². The molecule has 2 saturated carbocycles. The SMILES string of the molecule is Cc1ccc(NC(=O)Cn2c3c(sc2=O)[C@@H](c2ccc(Cl)cc2)[C@H]2[C@H]4CC[C@H](C4)[C@H]2S3)cc1. The Labute approximate surface area is 206 Å². The van der Waals surface area contributed by atoms with E-state index in [-0.39, 0.29) is 23.2 Å². The maximum Gasteiger partial charge on any atom is 0.308 e. The van der Waals surface area contributed by atoms with Crippen LogP contribution < -0.4 is 10.2 Å². The zero-order valence-electron chi connectivity index (χ0n) is 18.3. The van der Waals surface area contributed by atoms with Crippen molar-refractivity contribution in [2.45, 2.75) is 48.9 Å². The van der Waals surface area contributed by atoms with Crippen molar-refractivity contribution in [1.29, 1.82) is 0 Å². The molecule has 2 heterocycles. The molecule has 0 saturated heterocycles. The van der Waals surface area contributed by atoms with E-state index >= 15 is 0 Å². The smallest absolute Gasteiger partial charge is 0.308 e. The van der Waals surface area contributed by atoms with Crippen LogP contribution in [0.25, 0.3) is 0 Å². The Morgan fingerprint density at radius 1 is 1.09 bits per heavy atom. The predicted molar refractivity (Wildman–Crippen MR) is 136 cm³/mol. The number of carbonyl (C=O) groups excluding carboxylic acids is 1. The second kappa shape index (κ2) is 8.33. The van der Waals surface area contributed by atoms with Crippen molar-refractivity contribution in [3.63, 3.8) is 0 Å². The summed E-state index contributed by atoms with van der Waals surface area (Å²) in [6.45, 7) is 2.06. The van der Waals surface area contributed by atoms with Gasteiger partial charge in [0.25, 0.3) is 0 Å². The third-order valence-electron chi connectivity index (χ3n) is 7.56. The number of nitrogens with zero attached hydrogens (tertiary/aromatic N) is 1. The Morgan fingerprint density at radius 2 is 1.82 bits per heavy atom. The first-order valence-corrected chi connectivity index (χ1v) is 13.6. The fourth-order valence-corrected chi connectivity index (χ4v) is 9.39. The molecule has 1 aromatic heterocycles. The molecular weight excluding hydrogens is 472 g/mol. The number of thiazole rings is 1. The summed E-state index contributed by atoms with van der Waals surface area (Å²) in [4.78, 5) is 27.1. The number of thioether (sulfide) groups is 1.